The van der Waals surface area contributed by atoms with Crippen LogP contribution in [0.3, 0.4) is 0 Å². The van der Waals surface area contributed by atoms with E-state index >= 15 is 0 Å². The van der Waals surface area contributed by atoms with Crippen LogP contribution in [0, 0.1) is 5.92 Å². The summed E-state index contributed by atoms with van der Waals surface area (Å²) in [6.07, 6.45) is 11.7. The fourth-order valence-corrected chi connectivity index (χ4v) is 5.39. The van der Waals surface area contributed by atoms with E-state index in [0.717, 1.165) is 56.1 Å². The van der Waals surface area contributed by atoms with Crippen LogP contribution in [0.2, 0.25) is 0 Å². The number of aromatic nitrogens is 8. The monoisotopic (exact) mass is 524 g/mol. The summed E-state index contributed by atoms with van der Waals surface area (Å²) in [6, 6.07) is 9.91. The van der Waals surface area contributed by atoms with E-state index in [-0.39, 0.29) is 5.56 Å². The van der Waals surface area contributed by atoms with Crippen molar-refractivity contribution in [3.63, 3.8) is 0 Å². The average Bonchev–Trinajstić information content (AvgIpc) is 3.26. The molecule has 0 atom stereocenters. The second kappa shape index (κ2) is 8.88. The normalized spacial score (nSPS) is 13.5. The van der Waals surface area contributed by atoms with Crippen molar-refractivity contribution in [3.8, 4) is 28.0 Å². The summed E-state index contributed by atoms with van der Waals surface area (Å²) in [4.78, 5) is 17.1. The molecule has 0 spiro atoms. The lowest BCUT2D eigenvalue weighted by atomic mass is 10.1. The van der Waals surface area contributed by atoms with Gasteiger partial charge in [0.05, 0.1) is 30.1 Å². The van der Waals surface area contributed by atoms with Gasteiger partial charge < -0.3 is 9.72 Å². The lowest BCUT2D eigenvalue weighted by Crippen LogP contribution is -2.13. The number of ether oxygens (including phenoxy) is 1. The Labute approximate surface area is 221 Å². The molecule has 10 nitrogen and oxygen atoms in total. The van der Waals surface area contributed by atoms with Crippen molar-refractivity contribution in [3.05, 3.63) is 71.7 Å². The van der Waals surface area contributed by atoms with E-state index in [1.807, 2.05) is 73.6 Å². The Hall–Kier alpha value is -4.38. The maximum absolute atomic E-state index is 13.2. The van der Waals surface area contributed by atoms with Crippen LogP contribution in [0.1, 0.15) is 12.8 Å². The van der Waals surface area contributed by atoms with E-state index < -0.39 is 0 Å². The highest BCUT2D eigenvalue weighted by molar-refractivity contribution is 7.99. The van der Waals surface area contributed by atoms with E-state index in [1.54, 1.807) is 15.6 Å². The lowest BCUT2D eigenvalue weighted by molar-refractivity contribution is 0.304. The van der Waals surface area contributed by atoms with Crippen molar-refractivity contribution < 1.29 is 4.74 Å². The number of hydrogen-bond acceptors (Lipinski definition) is 7. The van der Waals surface area contributed by atoms with E-state index in [0.29, 0.717) is 23.8 Å². The second-order valence-electron chi connectivity index (χ2n) is 9.66. The topological polar surface area (TPSA) is 108 Å². The molecule has 0 saturated heterocycles. The van der Waals surface area contributed by atoms with Gasteiger partial charge in [-0.1, -0.05) is 0 Å². The van der Waals surface area contributed by atoms with Crippen molar-refractivity contribution in [2.75, 3.05) is 6.61 Å². The molecule has 0 radical (unpaired) electrons. The molecule has 1 N–H and O–H groups in total. The number of benzene rings is 1. The van der Waals surface area contributed by atoms with Gasteiger partial charge in [-0.15, -0.1) is 10.2 Å². The third-order valence-corrected chi connectivity index (χ3v) is 7.66. The van der Waals surface area contributed by atoms with Crippen LogP contribution in [0.25, 0.3) is 38.8 Å². The van der Waals surface area contributed by atoms with Crippen LogP contribution in [0.15, 0.2) is 76.2 Å². The van der Waals surface area contributed by atoms with E-state index in [9.17, 15) is 4.79 Å². The molecule has 1 aliphatic carbocycles. The molecule has 1 saturated carbocycles. The Morgan fingerprint density at radius 3 is 2.50 bits per heavy atom. The van der Waals surface area contributed by atoms with Crippen molar-refractivity contribution in [1.82, 2.24) is 39.1 Å². The molecular weight excluding hydrogens is 500 g/mol. The van der Waals surface area contributed by atoms with Crippen molar-refractivity contribution >= 4 is 28.3 Å². The smallest absolute Gasteiger partial charge is 0.260 e. The molecule has 1 aliphatic rings. The van der Waals surface area contributed by atoms with Gasteiger partial charge in [0, 0.05) is 59.7 Å². The van der Waals surface area contributed by atoms with E-state index in [4.69, 9.17) is 4.74 Å². The summed E-state index contributed by atoms with van der Waals surface area (Å²) in [5.74, 6) is 1.14. The number of nitrogens with zero attached hydrogens (tertiary/aromatic N) is 7. The molecule has 0 unspecified atom stereocenters. The highest BCUT2D eigenvalue weighted by Crippen LogP contribution is 2.38. The fourth-order valence-electron chi connectivity index (χ4n) is 4.54. The molecule has 6 aromatic rings. The standard InChI is InChI=1S/C27H24N8O2S/c1-33-12-18(10-28-33)17-5-8-23-31-32-27(35(23)14-17)38-20-6-7-22-21(9-20)25(37-15-16-3-4-16)24(26(36)30-22)19-11-29-34(2)13-19/h5-14,16H,3-4,15H2,1-2H3,(H,30,36). The molecule has 0 bridgehead atoms. The third kappa shape index (κ3) is 4.14. The Balaban J connectivity index is 1.31. The molecule has 1 fully saturated rings. The van der Waals surface area contributed by atoms with E-state index in [1.165, 1.54) is 11.8 Å². The van der Waals surface area contributed by atoms with Crippen LogP contribution in [-0.4, -0.2) is 45.7 Å². The third-order valence-electron chi connectivity index (χ3n) is 6.71. The van der Waals surface area contributed by atoms with Crippen molar-refractivity contribution in [2.24, 2.45) is 20.0 Å². The van der Waals surface area contributed by atoms with Gasteiger partial charge in [-0.25, -0.2) is 0 Å². The number of aryl methyl sites for hydroxylation is 2. The highest BCUT2D eigenvalue weighted by atomic mass is 32.2. The van der Waals surface area contributed by atoms with Gasteiger partial charge in [0.1, 0.15) is 5.75 Å². The first-order valence-corrected chi connectivity index (χ1v) is 13.2. The molecule has 38 heavy (non-hydrogen) atoms. The van der Waals surface area contributed by atoms with Crippen molar-refractivity contribution in [2.45, 2.75) is 22.9 Å². The highest BCUT2D eigenvalue weighted by Gasteiger charge is 2.25. The van der Waals surface area contributed by atoms with Gasteiger partial charge in [0.15, 0.2) is 10.8 Å². The number of hydrogen-bond donors (Lipinski definition) is 1. The zero-order valence-electron chi connectivity index (χ0n) is 20.8. The SMILES string of the molecule is Cn1cc(-c2ccc3nnc(Sc4ccc5[nH]c(=O)c(-c6cnn(C)c6)c(OCC6CC6)c5c4)n3c2)cn1. The van der Waals surface area contributed by atoms with Crippen LogP contribution >= 0.6 is 11.8 Å². The first-order valence-electron chi connectivity index (χ1n) is 12.4. The first kappa shape index (κ1) is 22.8. The largest absolute Gasteiger partial charge is 0.492 e. The second-order valence-corrected chi connectivity index (χ2v) is 10.7. The number of rotatable bonds is 7. The maximum Gasteiger partial charge on any atom is 0.260 e. The summed E-state index contributed by atoms with van der Waals surface area (Å²) in [5, 5.41) is 18.9. The number of fused-ring (bicyclic) bond motifs is 2. The van der Waals surface area contributed by atoms with Gasteiger partial charge in [-0.3, -0.25) is 18.6 Å². The van der Waals surface area contributed by atoms with Gasteiger partial charge in [-0.05, 0) is 60.9 Å². The summed E-state index contributed by atoms with van der Waals surface area (Å²) < 4.78 is 11.8. The molecule has 0 amide bonds. The zero-order chi connectivity index (χ0) is 25.8. The van der Waals surface area contributed by atoms with Crippen molar-refractivity contribution in [1.29, 1.82) is 0 Å². The molecule has 7 rings (SSSR count). The van der Waals surface area contributed by atoms with Gasteiger partial charge >= 0.3 is 0 Å². The molecule has 190 valence electrons. The van der Waals surface area contributed by atoms with Gasteiger partial charge in [0.25, 0.3) is 5.56 Å². The van der Waals surface area contributed by atoms with Gasteiger partial charge in [0.2, 0.25) is 0 Å². The number of aromatic amines is 1. The molecular formula is C27H24N8O2S. The first-order chi connectivity index (χ1) is 18.5. The summed E-state index contributed by atoms with van der Waals surface area (Å²) in [5.41, 5.74) is 4.58. The minimum absolute atomic E-state index is 0.192. The fraction of sp³-hybridized carbons (Fsp3) is 0.222. The van der Waals surface area contributed by atoms with Crippen LogP contribution in [0.5, 0.6) is 5.75 Å². The van der Waals surface area contributed by atoms with Crippen LogP contribution in [0.4, 0.5) is 0 Å². The predicted molar refractivity (Wildman–Crippen MR) is 144 cm³/mol. The van der Waals surface area contributed by atoms with Gasteiger partial charge in [-0.2, -0.15) is 10.2 Å². The molecule has 5 aromatic heterocycles. The van der Waals surface area contributed by atoms with E-state index in [2.05, 4.69) is 25.4 Å². The quantitative estimate of drug-likeness (QED) is 0.332. The molecule has 0 aliphatic heterocycles. The summed E-state index contributed by atoms with van der Waals surface area (Å²) >= 11 is 1.51. The molecule has 11 heteroatoms. The number of H-pyrrole nitrogens is 1. The Kier molecular flexibility index (Phi) is 5.32. The van der Waals surface area contributed by atoms with Crippen LogP contribution in [-0.2, 0) is 14.1 Å². The number of nitrogens with one attached hydrogen (secondary N) is 1. The molecule has 5 heterocycles. The Morgan fingerprint density at radius 2 is 1.76 bits per heavy atom. The number of pyridine rings is 2. The predicted octanol–water partition coefficient (Wildman–Crippen LogP) is 4.31. The summed E-state index contributed by atoms with van der Waals surface area (Å²) in [6.45, 7) is 0.592. The maximum atomic E-state index is 13.2. The molecule has 1 aromatic carbocycles. The Morgan fingerprint density at radius 1 is 0.974 bits per heavy atom. The Bertz CT molecular complexity index is 1880. The van der Waals surface area contributed by atoms with Crippen LogP contribution < -0.4 is 10.3 Å². The minimum Gasteiger partial charge on any atom is -0.492 e. The summed E-state index contributed by atoms with van der Waals surface area (Å²) in [7, 11) is 3.73. The average molecular weight is 525 g/mol. The minimum atomic E-state index is -0.192. The zero-order valence-corrected chi connectivity index (χ0v) is 21.6. The lowest BCUT2D eigenvalue weighted by Gasteiger charge is -2.14.